The lowest BCUT2D eigenvalue weighted by Gasteiger charge is -2.53. The predicted molar refractivity (Wildman–Crippen MR) is 52.8 cm³/mol. The van der Waals surface area contributed by atoms with Crippen molar-refractivity contribution in [3.05, 3.63) is 0 Å². The SMILES string of the molecule is FC(F)(F)OC(F)(C(F)(F)F)C(F)(C(F)(C(F)(F)F)C(F)(F)F)C(F)(C(F)(F)F)C(F)(F)F. The maximum absolute atomic E-state index is 14.6. The van der Waals surface area contributed by atoms with Gasteiger partial charge in [-0.3, -0.25) is 0 Å². The molecule has 0 aliphatic rings. The predicted octanol–water partition coefficient (Wildman–Crippen LogP) is 7.13. The average Bonchev–Trinajstić information content (AvgIpc) is 2.44. The van der Waals surface area contributed by atoms with Crippen molar-refractivity contribution in [1.82, 2.24) is 0 Å². The van der Waals surface area contributed by atoms with Gasteiger partial charge in [-0.25, -0.2) is 17.9 Å². The number of alkyl halides is 22. The average molecular weight is 554 g/mol. The van der Waals surface area contributed by atoms with E-state index < -0.39 is 60.1 Å². The first-order valence-electron chi connectivity index (χ1n) is 6.57. The summed E-state index contributed by atoms with van der Waals surface area (Å²) in [6, 6.07) is 0. The smallest absolute Gasteiger partial charge is 0.242 e. The van der Waals surface area contributed by atoms with Gasteiger partial charge in [-0.1, -0.05) is 0 Å². The van der Waals surface area contributed by atoms with Crippen LogP contribution in [0.25, 0.3) is 0 Å². The van der Waals surface area contributed by atoms with E-state index in [-0.39, 0.29) is 0 Å². The van der Waals surface area contributed by atoms with Gasteiger partial charge in [0.15, 0.2) is 0 Å². The van der Waals surface area contributed by atoms with Gasteiger partial charge in [0, 0.05) is 0 Å². The first-order chi connectivity index (χ1) is 13.7. The molecule has 0 spiro atoms. The molecule has 0 aromatic carbocycles. The van der Waals surface area contributed by atoms with Gasteiger partial charge in [-0.05, 0) is 0 Å². The second kappa shape index (κ2) is 7.46. The molecule has 0 aliphatic heterocycles. The van der Waals surface area contributed by atoms with E-state index >= 15 is 0 Å². The Bertz CT molecular complexity index is 630. The van der Waals surface area contributed by atoms with Gasteiger partial charge in [0.2, 0.25) is 0 Å². The van der Waals surface area contributed by atoms with Crippen LogP contribution in [0.5, 0.6) is 0 Å². The molecule has 0 bridgehead atoms. The molecule has 0 heterocycles. The molecular weight excluding hydrogens is 554 g/mol. The Hall–Kier alpha value is -1.58. The van der Waals surface area contributed by atoms with Crippen molar-refractivity contribution in [3.8, 4) is 0 Å². The van der Waals surface area contributed by atoms with Crippen LogP contribution in [0, 0.1) is 0 Å². The number of ether oxygens (including phenoxy) is 1. The minimum atomic E-state index is -10.1. The molecule has 0 fully saturated rings. The third-order valence-electron chi connectivity index (χ3n) is 3.58. The molecule has 200 valence electrons. The zero-order valence-electron chi connectivity index (χ0n) is 13.7. The second-order valence-electron chi connectivity index (χ2n) is 5.61. The third kappa shape index (κ3) is 4.21. The van der Waals surface area contributed by atoms with Crippen molar-refractivity contribution in [1.29, 1.82) is 0 Å². The van der Waals surface area contributed by atoms with Crippen LogP contribution < -0.4 is 0 Å². The van der Waals surface area contributed by atoms with Gasteiger partial charge in [-0.2, -0.15) is 70.2 Å². The van der Waals surface area contributed by atoms with Crippen LogP contribution in [-0.4, -0.2) is 60.1 Å². The van der Waals surface area contributed by atoms with E-state index in [0.29, 0.717) is 0 Å². The van der Waals surface area contributed by atoms with E-state index in [1.165, 1.54) is 0 Å². The highest BCUT2D eigenvalue weighted by atomic mass is 19.5. The first-order valence-corrected chi connectivity index (χ1v) is 6.57. The van der Waals surface area contributed by atoms with Crippen LogP contribution >= 0.6 is 0 Å². The maximum atomic E-state index is 14.6. The highest BCUT2D eigenvalue weighted by Crippen LogP contribution is 2.71. The van der Waals surface area contributed by atoms with E-state index in [0.717, 1.165) is 4.74 Å². The summed E-state index contributed by atoms with van der Waals surface area (Å²) < 4.78 is 283. The number of hydrogen-bond donors (Lipinski definition) is 0. The summed E-state index contributed by atoms with van der Waals surface area (Å²) in [6.07, 6.45) is -52.7. The summed E-state index contributed by atoms with van der Waals surface area (Å²) in [5.74, 6) is -9.35. The highest BCUT2D eigenvalue weighted by molar-refractivity contribution is 5.29. The molecule has 1 nitrogen and oxygen atoms in total. The van der Waals surface area contributed by atoms with Gasteiger partial charge in [0.05, 0.1) is 0 Å². The van der Waals surface area contributed by atoms with Crippen molar-refractivity contribution in [3.63, 3.8) is 0 Å². The van der Waals surface area contributed by atoms with Gasteiger partial charge in [0.1, 0.15) is 0 Å². The molecule has 23 heteroatoms. The van der Waals surface area contributed by atoms with E-state index in [4.69, 9.17) is 0 Å². The molecule has 0 aromatic rings. The first kappa shape index (κ1) is 31.4. The molecule has 1 atom stereocenters. The summed E-state index contributed by atoms with van der Waals surface area (Å²) in [5.41, 5.74) is -29.4. The molecule has 0 radical (unpaired) electrons. The van der Waals surface area contributed by atoms with Crippen LogP contribution in [-0.2, 0) is 4.74 Å². The van der Waals surface area contributed by atoms with Gasteiger partial charge >= 0.3 is 54.4 Å². The lowest BCUT2D eigenvalue weighted by molar-refractivity contribution is -0.538. The lowest BCUT2D eigenvalue weighted by atomic mass is 9.67. The van der Waals surface area contributed by atoms with Crippen LogP contribution in [0.1, 0.15) is 0 Å². The van der Waals surface area contributed by atoms with Crippen molar-refractivity contribution in [2.75, 3.05) is 0 Å². The molecular formula is C10F22O. The van der Waals surface area contributed by atoms with Gasteiger partial charge in [0.25, 0.3) is 5.67 Å². The fraction of sp³-hybridized carbons (Fsp3) is 1.00. The minimum Gasteiger partial charge on any atom is -0.242 e. The Balaban J connectivity index is 8.56. The summed E-state index contributed by atoms with van der Waals surface area (Å²) in [4.78, 5) is 0. The monoisotopic (exact) mass is 554 g/mol. The Labute approximate surface area is 163 Å². The van der Waals surface area contributed by atoms with Crippen molar-refractivity contribution in [2.24, 2.45) is 0 Å². The standard InChI is InChI=1S/C10F22O/c11-1(2(12,5(15,16)17)6(18,19)20,3(13,7(21,22)23)8(24,25)26)4(14,9(27,28)29)33-10(30,31)32. The number of rotatable bonds is 4. The fourth-order valence-electron chi connectivity index (χ4n) is 2.27. The topological polar surface area (TPSA) is 9.23 Å². The van der Waals surface area contributed by atoms with E-state index in [1.807, 2.05) is 0 Å². The normalized spacial score (nSPS) is 18.4. The molecule has 0 N–H and O–H groups in total. The van der Waals surface area contributed by atoms with Gasteiger partial charge < -0.3 is 0 Å². The Morgan fingerprint density at radius 1 is 0.273 bits per heavy atom. The minimum absolute atomic E-state index is 0.781. The van der Waals surface area contributed by atoms with Crippen LogP contribution in [0.4, 0.5) is 96.6 Å². The quantitative estimate of drug-likeness (QED) is 0.337. The second-order valence-corrected chi connectivity index (χ2v) is 5.61. The summed E-state index contributed by atoms with van der Waals surface area (Å²) in [6.45, 7) is 0. The summed E-state index contributed by atoms with van der Waals surface area (Å²) >= 11 is 0. The lowest BCUT2D eigenvalue weighted by Crippen LogP contribution is -2.87. The Kier molecular flexibility index (Phi) is 7.10. The van der Waals surface area contributed by atoms with E-state index in [9.17, 15) is 96.6 Å². The zero-order valence-corrected chi connectivity index (χ0v) is 13.7. The molecule has 1 unspecified atom stereocenters. The van der Waals surface area contributed by atoms with E-state index in [1.54, 1.807) is 0 Å². The van der Waals surface area contributed by atoms with Gasteiger partial charge in [-0.15, -0.1) is 13.2 Å². The van der Waals surface area contributed by atoms with Crippen molar-refractivity contribution >= 4 is 0 Å². The van der Waals surface area contributed by atoms with Crippen LogP contribution in [0.3, 0.4) is 0 Å². The fourth-order valence-corrected chi connectivity index (χ4v) is 2.27. The zero-order chi connectivity index (χ0) is 27.7. The number of hydrogen-bond acceptors (Lipinski definition) is 1. The summed E-state index contributed by atoms with van der Waals surface area (Å²) in [5, 5.41) is 0. The molecule has 0 saturated heterocycles. The van der Waals surface area contributed by atoms with Crippen molar-refractivity contribution in [2.45, 2.75) is 60.1 Å². The molecule has 0 aromatic heterocycles. The Morgan fingerprint density at radius 2 is 0.485 bits per heavy atom. The molecule has 0 amide bonds. The molecule has 33 heavy (non-hydrogen) atoms. The summed E-state index contributed by atoms with van der Waals surface area (Å²) in [7, 11) is 0. The van der Waals surface area contributed by atoms with E-state index in [2.05, 4.69) is 0 Å². The third-order valence-corrected chi connectivity index (χ3v) is 3.58. The number of halogens is 22. The molecule has 0 rings (SSSR count). The Morgan fingerprint density at radius 3 is 0.606 bits per heavy atom. The van der Waals surface area contributed by atoms with Crippen LogP contribution in [0.2, 0.25) is 0 Å². The largest absolute Gasteiger partial charge is 0.525 e. The molecule has 0 saturated carbocycles. The maximum Gasteiger partial charge on any atom is 0.525 e. The molecule has 0 aliphatic carbocycles. The van der Waals surface area contributed by atoms with Crippen LogP contribution in [0.15, 0.2) is 0 Å². The van der Waals surface area contributed by atoms with Crippen molar-refractivity contribution < 1.29 is 101 Å². The highest BCUT2D eigenvalue weighted by Gasteiger charge is 3.04.